The van der Waals surface area contributed by atoms with Gasteiger partial charge >= 0.3 is 11.9 Å². The number of ketones is 1. The largest absolute Gasteiger partial charge is 0.459 e. The minimum absolute atomic E-state index is 0.117. The first kappa shape index (κ1) is 30.4. The molecule has 10 nitrogen and oxygen atoms in total. The first-order valence-electron chi connectivity index (χ1n) is 16.2. The average Bonchev–Trinajstić information content (AvgIpc) is 3.68. The highest BCUT2D eigenvalue weighted by atomic mass is 16.9. The molecule has 3 heterocycles. The Morgan fingerprint density at radius 3 is 2.33 bits per heavy atom. The number of ether oxygens (including phenoxy) is 5. The van der Waals surface area contributed by atoms with E-state index >= 15 is 0 Å². The predicted octanol–water partition coefficient (Wildman–Crippen LogP) is 2.57. The Bertz CT molecular complexity index is 1610. The van der Waals surface area contributed by atoms with Crippen molar-refractivity contribution in [1.82, 2.24) is 0 Å². The molecule has 2 saturated carbocycles. The van der Waals surface area contributed by atoms with Crippen LogP contribution in [0.3, 0.4) is 0 Å². The van der Waals surface area contributed by atoms with Gasteiger partial charge in [0, 0.05) is 23.8 Å². The van der Waals surface area contributed by atoms with Crippen molar-refractivity contribution in [3.05, 3.63) is 83.9 Å². The molecule has 5 fully saturated rings. The summed E-state index contributed by atoms with van der Waals surface area (Å²) in [5.41, 5.74) is -6.95. The van der Waals surface area contributed by atoms with E-state index < -0.39 is 88.4 Å². The predicted molar refractivity (Wildman–Crippen MR) is 161 cm³/mol. The number of hydrogen-bond acceptors (Lipinski definition) is 10. The fraction of sp³-hybridized carbons (Fsp3) is 0.556. The highest BCUT2D eigenvalue weighted by Crippen LogP contribution is 2.76. The average molecular weight is 633 g/mol. The number of fused-ring (bicyclic) bond motifs is 3. The summed E-state index contributed by atoms with van der Waals surface area (Å²) in [4.78, 5) is 27.5. The van der Waals surface area contributed by atoms with Crippen LogP contribution in [0.1, 0.15) is 45.2 Å². The second-order valence-electron chi connectivity index (χ2n) is 14.4. The fourth-order valence-electron chi connectivity index (χ4n) is 9.88. The van der Waals surface area contributed by atoms with Gasteiger partial charge in [0.25, 0.3) is 0 Å². The molecule has 4 unspecified atom stereocenters. The molecule has 244 valence electrons. The van der Waals surface area contributed by atoms with E-state index in [9.17, 15) is 24.9 Å². The summed E-state index contributed by atoms with van der Waals surface area (Å²) < 4.78 is 33.9. The molecular weight excluding hydrogens is 592 g/mol. The summed E-state index contributed by atoms with van der Waals surface area (Å²) in [5, 5.41) is 35.1. The molecular formula is C36H40O10. The van der Waals surface area contributed by atoms with Crippen LogP contribution < -0.4 is 0 Å². The van der Waals surface area contributed by atoms with Crippen LogP contribution in [0.2, 0.25) is 0 Å². The van der Waals surface area contributed by atoms with Crippen molar-refractivity contribution in [1.29, 1.82) is 0 Å². The van der Waals surface area contributed by atoms with Gasteiger partial charge < -0.3 is 39.0 Å². The van der Waals surface area contributed by atoms with Gasteiger partial charge in [-0.15, -0.1) is 0 Å². The molecule has 8 rings (SSSR count). The van der Waals surface area contributed by atoms with Gasteiger partial charge in [-0.25, -0.2) is 0 Å². The molecule has 0 aromatic heterocycles. The lowest BCUT2D eigenvalue weighted by Gasteiger charge is -2.65. The van der Waals surface area contributed by atoms with Gasteiger partial charge in [0.2, 0.25) is 0 Å². The summed E-state index contributed by atoms with van der Waals surface area (Å²) in [6.45, 7) is 6.88. The Morgan fingerprint density at radius 1 is 1.00 bits per heavy atom. The van der Waals surface area contributed by atoms with Gasteiger partial charge in [0.1, 0.15) is 41.2 Å². The van der Waals surface area contributed by atoms with Crippen molar-refractivity contribution >= 4 is 11.8 Å². The number of aryl methyl sites for hydroxylation is 1. The Labute approximate surface area is 267 Å². The first-order chi connectivity index (χ1) is 21.9. The zero-order chi connectivity index (χ0) is 32.5. The molecule has 46 heavy (non-hydrogen) atoms. The number of aliphatic hydroxyl groups excluding tert-OH is 2. The maximum Gasteiger partial charge on any atom is 0.313 e. The number of rotatable bonds is 7. The second-order valence-corrected chi connectivity index (χ2v) is 14.4. The maximum absolute atomic E-state index is 13.7. The molecule has 3 aliphatic heterocycles. The summed E-state index contributed by atoms with van der Waals surface area (Å²) in [6, 6.07) is 18.8. The quantitative estimate of drug-likeness (QED) is 0.308. The minimum atomic E-state index is -2.44. The number of benzene rings is 2. The van der Waals surface area contributed by atoms with E-state index in [2.05, 4.69) is 0 Å². The smallest absolute Gasteiger partial charge is 0.313 e. The topological polar surface area (TPSA) is 144 Å². The molecule has 0 spiro atoms. The van der Waals surface area contributed by atoms with E-state index in [1.807, 2.05) is 81.4 Å². The molecule has 0 amide bonds. The maximum atomic E-state index is 13.7. The SMILES string of the molecule is CC(C)C12OC3(c4ccccc4)OC1[C@@H]1[C@@H]4O[C@]4(CO)[C@@H](O)[C@]4(O)C(=O)C=C[C@@]4(C)C1(O3)[C@H](C)[C@H]2OC(=O)CCc1ccccc1. The van der Waals surface area contributed by atoms with Crippen LogP contribution >= 0.6 is 0 Å². The van der Waals surface area contributed by atoms with Crippen LogP contribution in [0.4, 0.5) is 0 Å². The molecule has 2 aromatic rings. The van der Waals surface area contributed by atoms with Gasteiger partial charge in [0.05, 0.1) is 12.0 Å². The third-order valence-electron chi connectivity index (χ3n) is 12.2. The van der Waals surface area contributed by atoms with E-state index in [4.69, 9.17) is 23.7 Å². The Morgan fingerprint density at radius 2 is 1.67 bits per heavy atom. The third kappa shape index (κ3) is 3.31. The number of carbonyl (C=O) groups is 2. The van der Waals surface area contributed by atoms with Gasteiger partial charge in [-0.3, -0.25) is 9.59 Å². The lowest BCUT2D eigenvalue weighted by Crippen LogP contribution is -2.80. The van der Waals surface area contributed by atoms with Gasteiger partial charge in [-0.05, 0) is 30.9 Å². The first-order valence-corrected chi connectivity index (χ1v) is 16.2. The molecule has 3 N–H and O–H groups in total. The van der Waals surface area contributed by atoms with E-state index in [0.717, 1.165) is 5.56 Å². The number of esters is 1. The van der Waals surface area contributed by atoms with E-state index in [0.29, 0.717) is 12.0 Å². The van der Waals surface area contributed by atoms with Crippen molar-refractivity contribution in [2.24, 2.45) is 23.2 Å². The third-order valence-corrected chi connectivity index (χ3v) is 12.2. The molecule has 3 saturated heterocycles. The van der Waals surface area contributed by atoms with Crippen LogP contribution in [-0.2, 0) is 45.7 Å². The molecule has 0 radical (unpaired) electrons. The van der Waals surface area contributed by atoms with Crippen LogP contribution in [0.25, 0.3) is 0 Å². The van der Waals surface area contributed by atoms with Gasteiger partial charge in [-0.1, -0.05) is 87.5 Å². The zero-order valence-corrected chi connectivity index (χ0v) is 26.3. The monoisotopic (exact) mass is 632 g/mol. The molecule has 2 aromatic carbocycles. The number of carbonyl (C=O) groups excluding carboxylic acids is 2. The summed E-state index contributed by atoms with van der Waals surface area (Å²) in [5.74, 6) is -4.72. The van der Waals surface area contributed by atoms with E-state index in [1.165, 1.54) is 6.08 Å². The van der Waals surface area contributed by atoms with E-state index in [-0.39, 0.29) is 12.3 Å². The van der Waals surface area contributed by atoms with Crippen molar-refractivity contribution in [2.75, 3.05) is 6.61 Å². The number of aliphatic hydroxyl groups is 3. The summed E-state index contributed by atoms with van der Waals surface area (Å²) >= 11 is 0. The standard InChI is InChI=1S/C36H40O10/c1-20(2)33-27(42-25(39)16-15-22-11-7-5-8-12-22)21(3)35-26(29(33)44-36(45-33,46-35)23-13-9-6-10-14-23)28-32(19-37,43-28)30(40)34(41)24(38)17-18-31(34,35)4/h5-14,17-18,20-21,26-30,37,40-41H,15-16,19H2,1-4H3/t21-,26+,27-,28+,29?,30-,31-,32+,33?,34-,35?,36?/m1/s1. The highest BCUT2D eigenvalue weighted by molar-refractivity contribution is 6.02. The minimum Gasteiger partial charge on any atom is -0.459 e. The van der Waals surface area contributed by atoms with Crippen LogP contribution in [0.15, 0.2) is 72.8 Å². The summed E-state index contributed by atoms with van der Waals surface area (Å²) in [7, 11) is 0. The van der Waals surface area contributed by atoms with Crippen molar-refractivity contribution in [3.8, 4) is 0 Å². The molecule has 3 aliphatic carbocycles. The fourth-order valence-corrected chi connectivity index (χ4v) is 9.88. The van der Waals surface area contributed by atoms with Crippen LogP contribution in [0.5, 0.6) is 0 Å². The summed E-state index contributed by atoms with van der Waals surface area (Å²) in [6.07, 6.45) is -1.00. The number of hydrogen-bond donors (Lipinski definition) is 3. The lowest BCUT2D eigenvalue weighted by atomic mass is 9.47. The van der Waals surface area contributed by atoms with E-state index in [1.54, 1.807) is 13.0 Å². The molecule has 6 aliphatic rings. The Kier molecular flexibility index (Phi) is 6.32. The van der Waals surface area contributed by atoms with Gasteiger partial charge in [-0.2, -0.15) is 0 Å². The molecule has 12 atom stereocenters. The second kappa shape index (κ2) is 9.56. The van der Waals surface area contributed by atoms with Gasteiger partial charge in [0.15, 0.2) is 11.4 Å². The van der Waals surface area contributed by atoms with Crippen molar-refractivity contribution < 1.29 is 48.6 Å². The molecule has 3 bridgehead atoms. The van der Waals surface area contributed by atoms with Crippen molar-refractivity contribution in [3.63, 3.8) is 0 Å². The normalized spacial score (nSPS) is 47.7. The number of epoxide rings is 1. The lowest BCUT2D eigenvalue weighted by molar-refractivity contribution is -0.450. The Hall–Kier alpha value is -2.96. The van der Waals surface area contributed by atoms with Crippen molar-refractivity contribution in [2.45, 2.75) is 93.3 Å². The molecule has 10 heteroatoms. The zero-order valence-electron chi connectivity index (χ0n) is 26.3. The highest BCUT2D eigenvalue weighted by Gasteiger charge is 2.93. The Balaban J connectivity index is 1.33. The van der Waals surface area contributed by atoms with Crippen LogP contribution in [0, 0.1) is 23.2 Å². The van der Waals surface area contributed by atoms with Crippen LogP contribution in [-0.4, -0.2) is 80.5 Å².